The van der Waals surface area contributed by atoms with Crippen molar-refractivity contribution in [2.75, 3.05) is 53.1 Å². The van der Waals surface area contributed by atoms with Crippen LogP contribution in [0.15, 0.2) is 54.6 Å². The van der Waals surface area contributed by atoms with E-state index in [1.165, 1.54) is 0 Å². The fourth-order valence-electron chi connectivity index (χ4n) is 4.63. The summed E-state index contributed by atoms with van der Waals surface area (Å²) in [5.41, 5.74) is 0.145. The predicted octanol–water partition coefficient (Wildman–Crippen LogP) is 3.25. The van der Waals surface area contributed by atoms with E-state index in [4.69, 9.17) is 14.2 Å². The molecule has 0 aliphatic carbocycles. The smallest absolute Gasteiger partial charge is 0.254 e. The van der Waals surface area contributed by atoms with Crippen molar-refractivity contribution in [3.05, 3.63) is 60.2 Å². The Kier molecular flexibility index (Phi) is 7.50. The number of hydrogen-bond acceptors (Lipinski definition) is 5. The Morgan fingerprint density at radius 3 is 2.48 bits per heavy atom. The Balaban J connectivity index is 1.53. The molecule has 2 saturated heterocycles. The number of likely N-dealkylation sites (tertiary alicyclic amines) is 1. The van der Waals surface area contributed by atoms with E-state index >= 15 is 0 Å². The highest BCUT2D eigenvalue weighted by atomic mass is 16.5. The van der Waals surface area contributed by atoms with E-state index in [0.29, 0.717) is 63.7 Å². The van der Waals surface area contributed by atoms with Crippen molar-refractivity contribution in [3.8, 4) is 11.5 Å². The standard InChI is InChI=1S/C26H32N2O5/c1-31-23-10-5-7-21(17-23)25(30)28-12-6-11-26(19-28,20-33-22-8-3-2-4-9-22)18-24(29)27-13-15-32-16-14-27/h2-5,7-10,17H,6,11-16,18-20H2,1H3/t26-/m1/s1. The Morgan fingerprint density at radius 1 is 0.970 bits per heavy atom. The summed E-state index contributed by atoms with van der Waals surface area (Å²) >= 11 is 0. The highest BCUT2D eigenvalue weighted by Crippen LogP contribution is 2.36. The second kappa shape index (κ2) is 10.7. The molecule has 2 aliphatic heterocycles. The molecular weight excluding hydrogens is 420 g/mol. The molecule has 7 nitrogen and oxygen atoms in total. The molecule has 0 unspecified atom stereocenters. The van der Waals surface area contributed by atoms with Gasteiger partial charge in [0.05, 0.1) is 26.9 Å². The lowest BCUT2D eigenvalue weighted by atomic mass is 9.77. The maximum Gasteiger partial charge on any atom is 0.254 e. The van der Waals surface area contributed by atoms with Gasteiger partial charge in [0.1, 0.15) is 11.5 Å². The number of rotatable bonds is 7. The first-order valence-electron chi connectivity index (χ1n) is 11.6. The van der Waals surface area contributed by atoms with Gasteiger partial charge in [0.15, 0.2) is 0 Å². The lowest BCUT2D eigenvalue weighted by molar-refractivity contribution is -0.139. The van der Waals surface area contributed by atoms with Crippen LogP contribution >= 0.6 is 0 Å². The van der Waals surface area contributed by atoms with Crippen LogP contribution in [-0.2, 0) is 9.53 Å². The Morgan fingerprint density at radius 2 is 1.73 bits per heavy atom. The highest BCUT2D eigenvalue weighted by molar-refractivity contribution is 5.94. The van der Waals surface area contributed by atoms with Crippen LogP contribution in [-0.4, -0.2) is 74.7 Å². The summed E-state index contributed by atoms with van der Waals surface area (Å²) in [6, 6.07) is 16.9. The number of benzene rings is 2. The van der Waals surface area contributed by atoms with Gasteiger partial charge in [-0.3, -0.25) is 9.59 Å². The van der Waals surface area contributed by atoms with E-state index in [0.717, 1.165) is 18.6 Å². The summed E-state index contributed by atoms with van der Waals surface area (Å²) < 4.78 is 16.8. The Labute approximate surface area is 195 Å². The van der Waals surface area contributed by atoms with E-state index < -0.39 is 5.41 Å². The molecule has 2 aromatic rings. The molecular formula is C26H32N2O5. The van der Waals surface area contributed by atoms with Gasteiger partial charge in [-0.25, -0.2) is 0 Å². The van der Waals surface area contributed by atoms with Gasteiger partial charge >= 0.3 is 0 Å². The number of carbonyl (C=O) groups is 2. The van der Waals surface area contributed by atoms with Crippen molar-refractivity contribution in [1.29, 1.82) is 0 Å². The number of amides is 2. The van der Waals surface area contributed by atoms with E-state index in [-0.39, 0.29) is 11.8 Å². The number of nitrogens with zero attached hydrogens (tertiary/aromatic N) is 2. The lowest BCUT2D eigenvalue weighted by Crippen LogP contribution is -2.52. The largest absolute Gasteiger partial charge is 0.497 e. The molecule has 0 saturated carbocycles. The average Bonchev–Trinajstić information content (AvgIpc) is 2.88. The van der Waals surface area contributed by atoms with Crippen LogP contribution in [0.4, 0.5) is 0 Å². The Bertz CT molecular complexity index is 945. The topological polar surface area (TPSA) is 68.3 Å². The fraction of sp³-hybridized carbons (Fsp3) is 0.462. The van der Waals surface area contributed by atoms with Crippen LogP contribution in [0.25, 0.3) is 0 Å². The van der Waals surface area contributed by atoms with E-state index in [2.05, 4.69) is 0 Å². The third kappa shape index (κ3) is 5.85. The number of para-hydroxylation sites is 1. The molecule has 2 fully saturated rings. The van der Waals surface area contributed by atoms with Crippen molar-refractivity contribution in [1.82, 2.24) is 9.80 Å². The molecule has 2 heterocycles. The molecule has 0 N–H and O–H groups in total. The molecule has 0 aromatic heterocycles. The number of methoxy groups -OCH3 is 1. The first-order chi connectivity index (χ1) is 16.1. The number of hydrogen-bond donors (Lipinski definition) is 0. The molecule has 1 atom stereocenters. The van der Waals surface area contributed by atoms with Crippen molar-refractivity contribution in [2.45, 2.75) is 19.3 Å². The minimum absolute atomic E-state index is 0.0449. The molecule has 7 heteroatoms. The number of ether oxygens (including phenoxy) is 3. The van der Waals surface area contributed by atoms with Crippen molar-refractivity contribution < 1.29 is 23.8 Å². The minimum Gasteiger partial charge on any atom is -0.497 e. The van der Waals surface area contributed by atoms with Crippen LogP contribution in [0, 0.1) is 5.41 Å². The van der Waals surface area contributed by atoms with Gasteiger partial charge in [-0.05, 0) is 43.2 Å². The van der Waals surface area contributed by atoms with Gasteiger partial charge < -0.3 is 24.0 Å². The van der Waals surface area contributed by atoms with Crippen LogP contribution in [0.5, 0.6) is 11.5 Å². The quantitative estimate of drug-likeness (QED) is 0.645. The molecule has 33 heavy (non-hydrogen) atoms. The van der Waals surface area contributed by atoms with Crippen molar-refractivity contribution in [3.63, 3.8) is 0 Å². The first kappa shape index (κ1) is 23.1. The Hall–Kier alpha value is -3.06. The predicted molar refractivity (Wildman–Crippen MR) is 125 cm³/mol. The number of morpholine rings is 1. The summed E-state index contributed by atoms with van der Waals surface area (Å²) in [6.07, 6.45) is 2.00. The monoisotopic (exact) mass is 452 g/mol. The summed E-state index contributed by atoms with van der Waals surface area (Å²) in [4.78, 5) is 30.3. The molecule has 0 bridgehead atoms. The van der Waals surface area contributed by atoms with E-state index in [1.54, 1.807) is 19.2 Å². The molecule has 4 rings (SSSR count). The summed E-state index contributed by atoms with van der Waals surface area (Å²) in [5, 5.41) is 0. The van der Waals surface area contributed by atoms with Gasteiger partial charge in [-0.2, -0.15) is 0 Å². The minimum atomic E-state index is -0.446. The molecule has 2 amide bonds. The number of piperidine rings is 1. The van der Waals surface area contributed by atoms with Gasteiger partial charge in [-0.15, -0.1) is 0 Å². The molecule has 176 valence electrons. The lowest BCUT2D eigenvalue weighted by Gasteiger charge is -2.43. The van der Waals surface area contributed by atoms with Crippen LogP contribution in [0.2, 0.25) is 0 Å². The maximum absolute atomic E-state index is 13.3. The van der Waals surface area contributed by atoms with Crippen LogP contribution < -0.4 is 9.47 Å². The maximum atomic E-state index is 13.3. The normalized spacial score (nSPS) is 20.9. The molecule has 0 spiro atoms. The summed E-state index contributed by atoms with van der Waals surface area (Å²) in [6.45, 7) is 3.89. The van der Waals surface area contributed by atoms with E-state index in [9.17, 15) is 9.59 Å². The van der Waals surface area contributed by atoms with E-state index in [1.807, 2.05) is 52.3 Å². The van der Waals surface area contributed by atoms with Gasteiger partial charge in [0.2, 0.25) is 5.91 Å². The first-order valence-corrected chi connectivity index (χ1v) is 11.6. The summed E-state index contributed by atoms with van der Waals surface area (Å²) in [5.74, 6) is 1.48. The molecule has 2 aromatic carbocycles. The van der Waals surface area contributed by atoms with Crippen LogP contribution in [0.1, 0.15) is 29.6 Å². The van der Waals surface area contributed by atoms with Crippen molar-refractivity contribution in [2.24, 2.45) is 5.41 Å². The SMILES string of the molecule is COc1cccc(C(=O)N2CCC[C@@](COc3ccccc3)(CC(=O)N3CCOCC3)C2)c1. The van der Waals surface area contributed by atoms with Crippen molar-refractivity contribution >= 4 is 11.8 Å². The van der Waals surface area contributed by atoms with Gasteiger partial charge in [0, 0.05) is 43.6 Å². The van der Waals surface area contributed by atoms with Gasteiger partial charge in [-0.1, -0.05) is 24.3 Å². The summed E-state index contributed by atoms with van der Waals surface area (Å²) in [7, 11) is 1.59. The zero-order valence-corrected chi connectivity index (χ0v) is 19.2. The third-order valence-electron chi connectivity index (χ3n) is 6.44. The zero-order chi connectivity index (χ0) is 23.1. The average molecular weight is 453 g/mol. The fourth-order valence-corrected chi connectivity index (χ4v) is 4.63. The highest BCUT2D eigenvalue weighted by Gasteiger charge is 2.41. The zero-order valence-electron chi connectivity index (χ0n) is 19.2. The molecule has 0 radical (unpaired) electrons. The second-order valence-electron chi connectivity index (χ2n) is 8.83. The third-order valence-corrected chi connectivity index (χ3v) is 6.44. The van der Waals surface area contributed by atoms with Crippen LogP contribution in [0.3, 0.4) is 0 Å². The number of carbonyl (C=O) groups excluding carboxylic acids is 2. The second-order valence-corrected chi connectivity index (χ2v) is 8.83. The van der Waals surface area contributed by atoms with Gasteiger partial charge in [0.25, 0.3) is 5.91 Å². The molecule has 2 aliphatic rings.